The minimum atomic E-state index is -0.0882. The van der Waals surface area contributed by atoms with Gasteiger partial charge in [0.2, 0.25) is 5.91 Å². The molecule has 0 saturated carbocycles. The molecule has 0 radical (unpaired) electrons. The van der Waals surface area contributed by atoms with Crippen molar-refractivity contribution < 1.29 is 4.79 Å². The van der Waals surface area contributed by atoms with Gasteiger partial charge in [-0.15, -0.1) is 5.10 Å². The van der Waals surface area contributed by atoms with Gasteiger partial charge in [-0.05, 0) is 36.1 Å². The van der Waals surface area contributed by atoms with Crippen molar-refractivity contribution in [1.82, 2.24) is 25.0 Å². The minimum absolute atomic E-state index is 0.0882. The van der Waals surface area contributed by atoms with Crippen LogP contribution in [0.4, 0.5) is 5.69 Å². The second-order valence-electron chi connectivity index (χ2n) is 7.22. The number of nitrogens with zero attached hydrogens (tertiary/aromatic N) is 5. The summed E-state index contributed by atoms with van der Waals surface area (Å²) < 4.78 is 1.75. The number of unbranched alkanes of at least 4 members (excludes halogenated alkanes) is 1. The standard InChI is InChI=1S/C23H24N6OS/c1-2-3-7-17-10-12-19(13-11-17)26-20(30)15-31-23-21-22(24-16-25-23)29(28-27-21)14-18-8-5-4-6-9-18/h4-6,8-13,16H,2-3,7,14-15H2,1H3,(H,26,30). The van der Waals surface area contributed by atoms with E-state index >= 15 is 0 Å². The van der Waals surface area contributed by atoms with Crippen molar-refractivity contribution >= 4 is 34.5 Å². The number of fused-ring (bicyclic) bond motifs is 1. The van der Waals surface area contributed by atoms with Gasteiger partial charge in [0, 0.05) is 5.69 Å². The first-order valence-corrected chi connectivity index (χ1v) is 11.3. The zero-order valence-electron chi connectivity index (χ0n) is 17.4. The summed E-state index contributed by atoms with van der Waals surface area (Å²) in [7, 11) is 0. The molecule has 0 aliphatic carbocycles. The van der Waals surface area contributed by atoms with Crippen LogP contribution in [-0.4, -0.2) is 36.6 Å². The lowest BCUT2D eigenvalue weighted by Crippen LogP contribution is -2.14. The Hall–Kier alpha value is -3.26. The average molecular weight is 433 g/mol. The molecule has 2 aromatic heterocycles. The maximum Gasteiger partial charge on any atom is 0.234 e. The van der Waals surface area contributed by atoms with Gasteiger partial charge in [0.15, 0.2) is 11.2 Å². The molecule has 4 aromatic rings. The summed E-state index contributed by atoms with van der Waals surface area (Å²) in [6, 6.07) is 18.1. The van der Waals surface area contributed by atoms with Gasteiger partial charge in [-0.25, -0.2) is 14.6 Å². The molecule has 2 aromatic carbocycles. The number of nitrogens with one attached hydrogen (secondary N) is 1. The zero-order valence-corrected chi connectivity index (χ0v) is 18.2. The predicted octanol–water partition coefficient (Wildman–Crippen LogP) is 4.34. The van der Waals surface area contributed by atoms with Crippen LogP contribution in [0.2, 0.25) is 0 Å². The summed E-state index contributed by atoms with van der Waals surface area (Å²) in [5.74, 6) is 0.143. The number of aromatic nitrogens is 5. The first kappa shape index (κ1) is 21.0. The fraction of sp³-hybridized carbons (Fsp3) is 0.261. The smallest absolute Gasteiger partial charge is 0.234 e. The van der Waals surface area contributed by atoms with Crippen molar-refractivity contribution in [3.63, 3.8) is 0 Å². The number of carbonyl (C=O) groups is 1. The van der Waals surface area contributed by atoms with Crippen LogP contribution in [0, 0.1) is 0 Å². The maximum absolute atomic E-state index is 12.4. The summed E-state index contributed by atoms with van der Waals surface area (Å²) in [5, 5.41) is 12.1. The Morgan fingerprint density at radius 1 is 1.03 bits per heavy atom. The fourth-order valence-electron chi connectivity index (χ4n) is 3.21. The van der Waals surface area contributed by atoms with Crippen LogP contribution in [0.5, 0.6) is 0 Å². The quantitative estimate of drug-likeness (QED) is 0.313. The van der Waals surface area contributed by atoms with Gasteiger partial charge in [-0.2, -0.15) is 0 Å². The van der Waals surface area contributed by atoms with Crippen LogP contribution in [0.25, 0.3) is 11.2 Å². The molecule has 0 bridgehead atoms. The topological polar surface area (TPSA) is 85.6 Å². The zero-order chi connectivity index (χ0) is 21.5. The van der Waals surface area contributed by atoms with Crippen molar-refractivity contribution in [3.05, 3.63) is 72.1 Å². The molecule has 0 unspecified atom stereocenters. The molecule has 31 heavy (non-hydrogen) atoms. The Morgan fingerprint density at radius 3 is 2.61 bits per heavy atom. The van der Waals surface area contributed by atoms with E-state index in [4.69, 9.17) is 0 Å². The number of rotatable bonds is 9. The van der Waals surface area contributed by atoms with Crippen LogP contribution in [-0.2, 0) is 17.8 Å². The van der Waals surface area contributed by atoms with Crippen molar-refractivity contribution in [1.29, 1.82) is 0 Å². The van der Waals surface area contributed by atoms with E-state index in [1.165, 1.54) is 36.5 Å². The molecule has 0 fully saturated rings. The molecule has 4 rings (SSSR count). The van der Waals surface area contributed by atoms with Crippen molar-refractivity contribution in [2.75, 3.05) is 11.1 Å². The van der Waals surface area contributed by atoms with E-state index in [9.17, 15) is 4.79 Å². The van der Waals surface area contributed by atoms with E-state index in [1.807, 2.05) is 42.5 Å². The van der Waals surface area contributed by atoms with E-state index in [0.717, 1.165) is 17.7 Å². The Kier molecular flexibility index (Phi) is 6.89. The Balaban J connectivity index is 1.38. The molecule has 7 nitrogen and oxygen atoms in total. The number of anilines is 1. The highest BCUT2D eigenvalue weighted by Crippen LogP contribution is 2.23. The second kappa shape index (κ2) is 10.2. The average Bonchev–Trinajstić information content (AvgIpc) is 3.21. The normalized spacial score (nSPS) is 11.0. The monoisotopic (exact) mass is 432 g/mol. The first-order valence-electron chi connectivity index (χ1n) is 10.3. The molecular weight excluding hydrogens is 408 g/mol. The molecule has 8 heteroatoms. The highest BCUT2D eigenvalue weighted by molar-refractivity contribution is 8.00. The Labute approximate surface area is 185 Å². The van der Waals surface area contributed by atoms with E-state index in [-0.39, 0.29) is 11.7 Å². The lowest BCUT2D eigenvalue weighted by Gasteiger charge is -2.06. The van der Waals surface area contributed by atoms with Crippen molar-refractivity contribution in [2.45, 2.75) is 37.8 Å². The maximum atomic E-state index is 12.4. The molecule has 1 N–H and O–H groups in total. The number of aryl methyl sites for hydroxylation is 1. The van der Waals surface area contributed by atoms with E-state index < -0.39 is 0 Å². The number of amides is 1. The Morgan fingerprint density at radius 2 is 1.84 bits per heavy atom. The van der Waals surface area contributed by atoms with E-state index in [2.05, 4.69) is 44.7 Å². The van der Waals surface area contributed by atoms with Gasteiger partial charge >= 0.3 is 0 Å². The lowest BCUT2D eigenvalue weighted by atomic mass is 10.1. The molecule has 0 aliphatic heterocycles. The SMILES string of the molecule is CCCCc1ccc(NC(=O)CSc2ncnc3c2nnn3Cc2ccccc2)cc1. The van der Waals surface area contributed by atoms with E-state index in [0.29, 0.717) is 22.7 Å². The third-order valence-electron chi connectivity index (χ3n) is 4.84. The molecule has 0 atom stereocenters. The van der Waals surface area contributed by atoms with Crippen molar-refractivity contribution in [2.24, 2.45) is 0 Å². The predicted molar refractivity (Wildman–Crippen MR) is 123 cm³/mol. The van der Waals surface area contributed by atoms with Crippen LogP contribution >= 0.6 is 11.8 Å². The van der Waals surface area contributed by atoms with Crippen LogP contribution < -0.4 is 5.32 Å². The summed E-state index contributed by atoms with van der Waals surface area (Å²) in [6.07, 6.45) is 4.90. The summed E-state index contributed by atoms with van der Waals surface area (Å²) in [5.41, 5.74) is 4.46. The summed E-state index contributed by atoms with van der Waals surface area (Å²) in [4.78, 5) is 21.0. The molecule has 2 heterocycles. The third kappa shape index (κ3) is 5.46. The van der Waals surface area contributed by atoms with Crippen molar-refractivity contribution in [3.8, 4) is 0 Å². The summed E-state index contributed by atoms with van der Waals surface area (Å²) >= 11 is 1.33. The highest BCUT2D eigenvalue weighted by Gasteiger charge is 2.14. The van der Waals surface area contributed by atoms with Crippen LogP contribution in [0.1, 0.15) is 30.9 Å². The molecule has 0 saturated heterocycles. The number of hydrogen-bond acceptors (Lipinski definition) is 6. The third-order valence-corrected chi connectivity index (χ3v) is 5.82. The minimum Gasteiger partial charge on any atom is -0.325 e. The number of hydrogen-bond donors (Lipinski definition) is 1. The van der Waals surface area contributed by atoms with Gasteiger partial charge in [0.05, 0.1) is 12.3 Å². The molecule has 0 aliphatic rings. The highest BCUT2D eigenvalue weighted by atomic mass is 32.2. The van der Waals surface area contributed by atoms with Crippen LogP contribution in [0.15, 0.2) is 66.0 Å². The molecule has 1 amide bonds. The Bertz CT molecular complexity index is 1140. The lowest BCUT2D eigenvalue weighted by molar-refractivity contribution is -0.113. The molecule has 0 spiro atoms. The van der Waals surface area contributed by atoms with E-state index in [1.54, 1.807) is 4.68 Å². The first-order chi connectivity index (χ1) is 15.2. The number of benzene rings is 2. The van der Waals surface area contributed by atoms with Gasteiger partial charge in [0.25, 0.3) is 0 Å². The van der Waals surface area contributed by atoms with Gasteiger partial charge in [-0.1, -0.05) is 72.8 Å². The number of thioether (sulfide) groups is 1. The van der Waals surface area contributed by atoms with Gasteiger partial charge < -0.3 is 5.32 Å². The summed E-state index contributed by atoms with van der Waals surface area (Å²) in [6.45, 7) is 2.76. The fourth-order valence-corrected chi connectivity index (χ4v) is 3.94. The van der Waals surface area contributed by atoms with Gasteiger partial charge in [-0.3, -0.25) is 4.79 Å². The van der Waals surface area contributed by atoms with Gasteiger partial charge in [0.1, 0.15) is 11.4 Å². The molecule has 158 valence electrons. The second-order valence-corrected chi connectivity index (χ2v) is 8.19. The largest absolute Gasteiger partial charge is 0.325 e. The molecular formula is C23H24N6OS. The van der Waals surface area contributed by atoms with Crippen LogP contribution in [0.3, 0.4) is 0 Å². The number of carbonyl (C=O) groups excluding carboxylic acids is 1.